The van der Waals surface area contributed by atoms with Gasteiger partial charge in [0.2, 0.25) is 0 Å². The summed E-state index contributed by atoms with van der Waals surface area (Å²) in [6.07, 6.45) is 1.63. The number of hydrogen-bond acceptors (Lipinski definition) is 4. The van der Waals surface area contributed by atoms with E-state index in [1.54, 1.807) is 19.4 Å². The lowest BCUT2D eigenvalue weighted by Crippen LogP contribution is -2.36. The zero-order valence-corrected chi connectivity index (χ0v) is 13.2. The highest BCUT2D eigenvalue weighted by atomic mass is 32.2. The molecule has 2 atom stereocenters. The summed E-state index contributed by atoms with van der Waals surface area (Å²) in [7, 11) is 0.825. The summed E-state index contributed by atoms with van der Waals surface area (Å²) in [6, 6.07) is 9.10. The number of nitrogens with one attached hydrogen (secondary N) is 2. The molecule has 112 valence electrons. The predicted molar refractivity (Wildman–Crippen MR) is 87.2 cm³/mol. The molecule has 0 saturated heterocycles. The van der Waals surface area contributed by atoms with Gasteiger partial charge in [-0.25, -0.2) is 4.98 Å². The van der Waals surface area contributed by atoms with E-state index in [0.29, 0.717) is 17.1 Å². The van der Waals surface area contributed by atoms with Gasteiger partial charge in [0, 0.05) is 41.3 Å². The van der Waals surface area contributed by atoms with Crippen LogP contribution in [0.15, 0.2) is 30.3 Å². The second kappa shape index (κ2) is 6.67. The molecule has 1 amide bonds. The molecule has 0 aliphatic rings. The molecule has 1 aromatic carbocycles. The fourth-order valence-corrected chi connectivity index (χ4v) is 2.97. The monoisotopic (exact) mass is 305 g/mol. The van der Waals surface area contributed by atoms with Gasteiger partial charge in [0.05, 0.1) is 11.1 Å². The normalized spacial score (nSPS) is 13.7. The second-order valence-electron chi connectivity index (χ2n) is 4.94. The van der Waals surface area contributed by atoms with Gasteiger partial charge in [-0.3, -0.25) is 9.00 Å². The highest BCUT2D eigenvalue weighted by Crippen LogP contribution is 2.20. The Hall–Kier alpha value is -1.95. The number of anilines is 1. The van der Waals surface area contributed by atoms with Crippen molar-refractivity contribution in [2.24, 2.45) is 0 Å². The van der Waals surface area contributed by atoms with Crippen molar-refractivity contribution in [3.8, 4) is 0 Å². The molecule has 1 heterocycles. The van der Waals surface area contributed by atoms with E-state index < -0.39 is 10.8 Å². The first-order valence-electron chi connectivity index (χ1n) is 6.69. The number of hydrogen-bond donors (Lipinski definition) is 2. The first-order valence-corrected chi connectivity index (χ1v) is 8.42. The Balaban J connectivity index is 2.35. The maximum Gasteiger partial charge on any atom is 0.252 e. The van der Waals surface area contributed by atoms with Crippen LogP contribution in [0.3, 0.4) is 0 Å². The molecule has 2 aromatic rings. The minimum Gasteiger partial charge on any atom is -0.373 e. The summed E-state index contributed by atoms with van der Waals surface area (Å²) in [6.45, 7) is 1.85. The van der Waals surface area contributed by atoms with Crippen molar-refractivity contribution in [3.63, 3.8) is 0 Å². The molecule has 0 fully saturated rings. The largest absolute Gasteiger partial charge is 0.373 e. The van der Waals surface area contributed by atoms with Crippen molar-refractivity contribution in [3.05, 3.63) is 35.9 Å². The van der Waals surface area contributed by atoms with Gasteiger partial charge < -0.3 is 10.6 Å². The first kappa shape index (κ1) is 15.4. The van der Waals surface area contributed by atoms with E-state index in [-0.39, 0.29) is 11.9 Å². The fraction of sp³-hybridized carbons (Fsp3) is 0.333. The number of rotatable bonds is 5. The second-order valence-corrected chi connectivity index (χ2v) is 6.42. The third kappa shape index (κ3) is 3.78. The molecule has 0 spiro atoms. The van der Waals surface area contributed by atoms with Crippen molar-refractivity contribution in [2.45, 2.75) is 13.0 Å². The van der Waals surface area contributed by atoms with Crippen LogP contribution in [0, 0.1) is 0 Å². The van der Waals surface area contributed by atoms with Gasteiger partial charge in [0.25, 0.3) is 5.91 Å². The minimum atomic E-state index is -0.941. The summed E-state index contributed by atoms with van der Waals surface area (Å²) in [4.78, 5) is 16.9. The van der Waals surface area contributed by atoms with Crippen LogP contribution in [-0.4, -0.2) is 40.2 Å². The molecule has 0 radical (unpaired) electrons. The van der Waals surface area contributed by atoms with Crippen molar-refractivity contribution < 1.29 is 9.00 Å². The minimum absolute atomic E-state index is 0.145. The van der Waals surface area contributed by atoms with Crippen LogP contribution in [0.1, 0.15) is 17.3 Å². The van der Waals surface area contributed by atoms with Crippen LogP contribution >= 0.6 is 0 Å². The van der Waals surface area contributed by atoms with Crippen LogP contribution in [-0.2, 0) is 10.8 Å². The van der Waals surface area contributed by atoms with E-state index >= 15 is 0 Å². The Morgan fingerprint density at radius 1 is 1.38 bits per heavy atom. The lowest BCUT2D eigenvalue weighted by molar-refractivity contribution is 0.0945. The van der Waals surface area contributed by atoms with Gasteiger partial charge in [0.1, 0.15) is 5.82 Å². The van der Waals surface area contributed by atoms with Crippen LogP contribution in [0.25, 0.3) is 10.9 Å². The smallest absolute Gasteiger partial charge is 0.252 e. The third-order valence-electron chi connectivity index (χ3n) is 3.08. The van der Waals surface area contributed by atoms with Gasteiger partial charge in [-0.05, 0) is 19.1 Å². The van der Waals surface area contributed by atoms with Gasteiger partial charge in [-0.15, -0.1) is 0 Å². The van der Waals surface area contributed by atoms with Gasteiger partial charge in [-0.2, -0.15) is 0 Å². The number of amides is 1. The van der Waals surface area contributed by atoms with Crippen molar-refractivity contribution in [1.29, 1.82) is 0 Å². The van der Waals surface area contributed by atoms with E-state index in [0.717, 1.165) is 10.9 Å². The highest BCUT2D eigenvalue weighted by molar-refractivity contribution is 7.84. The van der Waals surface area contributed by atoms with E-state index in [1.807, 2.05) is 31.2 Å². The summed E-state index contributed by atoms with van der Waals surface area (Å²) in [5, 5.41) is 6.65. The molecule has 2 N–H and O–H groups in total. The molecule has 0 aliphatic carbocycles. The van der Waals surface area contributed by atoms with Gasteiger partial charge >= 0.3 is 0 Å². The van der Waals surface area contributed by atoms with Crippen molar-refractivity contribution in [1.82, 2.24) is 10.3 Å². The molecular formula is C15H19N3O2S. The lowest BCUT2D eigenvalue weighted by Gasteiger charge is -2.14. The zero-order valence-electron chi connectivity index (χ0n) is 12.3. The molecule has 2 unspecified atom stereocenters. The summed E-state index contributed by atoms with van der Waals surface area (Å²) >= 11 is 0. The average molecular weight is 305 g/mol. The Morgan fingerprint density at radius 2 is 2.10 bits per heavy atom. The van der Waals surface area contributed by atoms with E-state index in [2.05, 4.69) is 15.6 Å². The van der Waals surface area contributed by atoms with E-state index in [9.17, 15) is 9.00 Å². The fourth-order valence-electron chi connectivity index (χ4n) is 2.19. The molecule has 21 heavy (non-hydrogen) atoms. The number of fused-ring (bicyclic) bond motifs is 1. The Labute approximate surface area is 126 Å². The number of carbonyl (C=O) groups is 1. The summed E-state index contributed by atoms with van der Waals surface area (Å²) < 4.78 is 11.2. The highest BCUT2D eigenvalue weighted by Gasteiger charge is 2.15. The lowest BCUT2D eigenvalue weighted by atomic mass is 10.1. The van der Waals surface area contributed by atoms with Crippen LogP contribution in [0.4, 0.5) is 5.82 Å². The van der Waals surface area contributed by atoms with Crippen LogP contribution < -0.4 is 10.6 Å². The first-order chi connectivity index (χ1) is 10.0. The SMILES string of the molecule is CNc1cc(C(=O)NC(C)CS(C)=O)c2ccccc2n1. The van der Waals surface area contributed by atoms with Gasteiger partial charge in [-0.1, -0.05) is 18.2 Å². The number of aromatic nitrogens is 1. The Morgan fingerprint density at radius 3 is 2.76 bits per heavy atom. The molecule has 2 rings (SSSR count). The van der Waals surface area contributed by atoms with Crippen molar-refractivity contribution in [2.75, 3.05) is 24.4 Å². The Bertz CT molecular complexity index is 688. The molecule has 0 aliphatic heterocycles. The quantitative estimate of drug-likeness (QED) is 0.883. The van der Waals surface area contributed by atoms with Crippen molar-refractivity contribution >= 4 is 33.4 Å². The maximum atomic E-state index is 12.5. The third-order valence-corrected chi connectivity index (χ3v) is 4.05. The maximum absolute atomic E-state index is 12.5. The standard InChI is InChI=1S/C15H19N3O2S/c1-10(9-21(3)20)17-15(19)12-8-14(16-2)18-13-7-5-4-6-11(12)13/h4-8,10H,9H2,1-3H3,(H,16,18)(H,17,19). The number of pyridine rings is 1. The molecule has 6 heteroatoms. The molecule has 0 saturated carbocycles. The molecular weight excluding hydrogens is 286 g/mol. The van der Waals surface area contributed by atoms with Gasteiger partial charge in [0.15, 0.2) is 0 Å². The number of nitrogens with zero attached hydrogens (tertiary/aromatic N) is 1. The van der Waals surface area contributed by atoms with Crippen LogP contribution in [0.5, 0.6) is 0 Å². The number of carbonyl (C=O) groups excluding carboxylic acids is 1. The topological polar surface area (TPSA) is 71.1 Å². The molecule has 0 bridgehead atoms. The summed E-state index contributed by atoms with van der Waals surface area (Å²) in [5.41, 5.74) is 1.33. The Kier molecular flexibility index (Phi) is 4.90. The molecule has 5 nitrogen and oxygen atoms in total. The zero-order chi connectivity index (χ0) is 15.4. The summed E-state index contributed by atoms with van der Waals surface area (Å²) in [5.74, 6) is 0.904. The van der Waals surface area contributed by atoms with E-state index in [1.165, 1.54) is 0 Å². The van der Waals surface area contributed by atoms with Crippen LogP contribution in [0.2, 0.25) is 0 Å². The van der Waals surface area contributed by atoms with E-state index in [4.69, 9.17) is 0 Å². The number of para-hydroxylation sites is 1. The average Bonchev–Trinajstić information content (AvgIpc) is 2.44. The number of benzene rings is 1. The predicted octanol–water partition coefficient (Wildman–Crippen LogP) is 1.77. The molecule has 1 aromatic heterocycles.